The quantitative estimate of drug-likeness (QED) is 0.587. The largest absolute Gasteiger partial charge is 0.494 e. The van der Waals surface area contributed by atoms with Crippen molar-refractivity contribution in [2.24, 2.45) is 0 Å². The van der Waals surface area contributed by atoms with Crippen LogP contribution in [0.2, 0.25) is 5.02 Å². The number of hydrogen-bond acceptors (Lipinski definition) is 6. The van der Waals surface area contributed by atoms with Crippen molar-refractivity contribution in [3.63, 3.8) is 0 Å². The third-order valence-electron chi connectivity index (χ3n) is 3.97. The fourth-order valence-corrected chi connectivity index (χ4v) is 3.76. The van der Waals surface area contributed by atoms with Crippen molar-refractivity contribution in [3.05, 3.63) is 58.6 Å². The highest BCUT2D eigenvalue weighted by Gasteiger charge is 2.18. The van der Waals surface area contributed by atoms with E-state index >= 15 is 0 Å². The molecule has 0 fully saturated rings. The molecule has 29 heavy (non-hydrogen) atoms. The summed E-state index contributed by atoms with van der Waals surface area (Å²) in [6, 6.07) is 11.1. The molecule has 1 amide bonds. The van der Waals surface area contributed by atoms with Crippen LogP contribution in [0.25, 0.3) is 0 Å². The number of carbonyl (C=O) groups excluding carboxylic acids is 2. The Balaban J connectivity index is 1.95. The maximum absolute atomic E-state index is 12.2. The lowest BCUT2D eigenvalue weighted by Gasteiger charge is -2.17. The zero-order valence-corrected chi connectivity index (χ0v) is 17.9. The van der Waals surface area contributed by atoms with Gasteiger partial charge in [0.15, 0.2) is 16.4 Å². The summed E-state index contributed by atoms with van der Waals surface area (Å²) in [7, 11) is -2.01. The van der Waals surface area contributed by atoms with Crippen molar-refractivity contribution in [2.75, 3.05) is 26.5 Å². The number of esters is 1. The first-order valence-electron chi connectivity index (χ1n) is 8.74. The molecule has 0 saturated heterocycles. The van der Waals surface area contributed by atoms with Gasteiger partial charge in [-0.15, -0.1) is 0 Å². The summed E-state index contributed by atoms with van der Waals surface area (Å²) in [4.78, 5) is 25.7. The Morgan fingerprint density at radius 3 is 2.34 bits per heavy atom. The van der Waals surface area contributed by atoms with Crippen LogP contribution < -0.4 is 4.74 Å². The van der Waals surface area contributed by atoms with E-state index in [2.05, 4.69) is 0 Å². The first-order chi connectivity index (χ1) is 13.6. The molecule has 0 aliphatic rings. The molecule has 0 aromatic heterocycles. The van der Waals surface area contributed by atoms with Crippen LogP contribution in [0.15, 0.2) is 47.4 Å². The summed E-state index contributed by atoms with van der Waals surface area (Å²) < 4.78 is 33.8. The van der Waals surface area contributed by atoms with Crippen LogP contribution in [0.5, 0.6) is 5.75 Å². The van der Waals surface area contributed by atoms with Gasteiger partial charge < -0.3 is 14.4 Å². The van der Waals surface area contributed by atoms with Crippen molar-refractivity contribution >= 4 is 33.3 Å². The number of carbonyl (C=O) groups is 2. The number of halogens is 1. The molecular formula is C20H22ClNO6S. The molecule has 0 bridgehead atoms. The third-order valence-corrected chi connectivity index (χ3v) is 5.55. The molecule has 0 unspecified atom stereocenters. The first kappa shape index (κ1) is 22.7. The Hall–Kier alpha value is -2.58. The summed E-state index contributed by atoms with van der Waals surface area (Å²) in [5, 5.41) is 0.00946. The lowest BCUT2D eigenvalue weighted by Crippen LogP contribution is -2.30. The predicted molar refractivity (Wildman–Crippen MR) is 109 cm³/mol. The van der Waals surface area contributed by atoms with E-state index in [9.17, 15) is 18.0 Å². The molecule has 2 aromatic carbocycles. The smallest absolute Gasteiger partial charge is 0.338 e. The van der Waals surface area contributed by atoms with Gasteiger partial charge in [-0.3, -0.25) is 4.79 Å². The van der Waals surface area contributed by atoms with E-state index in [0.717, 1.165) is 23.6 Å². The summed E-state index contributed by atoms with van der Waals surface area (Å²) >= 11 is 5.86. The van der Waals surface area contributed by atoms with E-state index < -0.39 is 28.3 Å². The lowest BCUT2D eigenvalue weighted by atomic mass is 10.2. The average Bonchev–Trinajstić information content (AvgIpc) is 2.67. The highest BCUT2D eigenvalue weighted by Crippen LogP contribution is 2.23. The van der Waals surface area contributed by atoms with Gasteiger partial charge >= 0.3 is 5.97 Å². The van der Waals surface area contributed by atoms with Crippen molar-refractivity contribution in [1.82, 2.24) is 4.90 Å². The average molecular weight is 440 g/mol. The van der Waals surface area contributed by atoms with Crippen LogP contribution in [0, 0.1) is 0 Å². The topological polar surface area (TPSA) is 90.0 Å². The molecule has 0 saturated carbocycles. The molecule has 9 heteroatoms. The second-order valence-corrected chi connectivity index (χ2v) is 8.71. The summed E-state index contributed by atoms with van der Waals surface area (Å²) in [6.45, 7) is 2.33. The van der Waals surface area contributed by atoms with Crippen LogP contribution in [-0.4, -0.2) is 51.7 Å². The van der Waals surface area contributed by atoms with Gasteiger partial charge in [0.1, 0.15) is 5.75 Å². The van der Waals surface area contributed by atoms with Crippen LogP contribution in [0.4, 0.5) is 0 Å². The van der Waals surface area contributed by atoms with E-state index in [4.69, 9.17) is 21.1 Å². The van der Waals surface area contributed by atoms with E-state index in [1.807, 2.05) is 31.2 Å². The monoisotopic (exact) mass is 439 g/mol. The molecule has 156 valence electrons. The minimum atomic E-state index is -3.60. The predicted octanol–water partition coefficient (Wildman–Crippen LogP) is 2.96. The number of hydrogen-bond donors (Lipinski definition) is 0. The van der Waals surface area contributed by atoms with Crippen molar-refractivity contribution in [2.45, 2.75) is 18.4 Å². The fraction of sp³-hybridized carbons (Fsp3) is 0.300. The van der Waals surface area contributed by atoms with Crippen molar-refractivity contribution in [1.29, 1.82) is 0 Å². The minimum Gasteiger partial charge on any atom is -0.494 e. The highest BCUT2D eigenvalue weighted by atomic mass is 35.5. The zero-order chi connectivity index (χ0) is 21.6. The number of benzene rings is 2. The van der Waals surface area contributed by atoms with Crippen LogP contribution in [-0.2, 0) is 25.9 Å². The molecule has 0 spiro atoms. The van der Waals surface area contributed by atoms with Crippen molar-refractivity contribution in [3.8, 4) is 5.75 Å². The van der Waals surface area contributed by atoms with Gasteiger partial charge in [-0.2, -0.15) is 0 Å². The first-order valence-corrected chi connectivity index (χ1v) is 11.0. The van der Waals surface area contributed by atoms with Gasteiger partial charge in [-0.1, -0.05) is 23.7 Å². The van der Waals surface area contributed by atoms with Crippen molar-refractivity contribution < 1.29 is 27.5 Å². The molecule has 0 heterocycles. The van der Waals surface area contributed by atoms with Crippen LogP contribution in [0.3, 0.4) is 0 Å². The Labute approximate surface area is 175 Å². The lowest BCUT2D eigenvalue weighted by molar-refractivity contribution is -0.133. The SMILES string of the molecule is CCOc1ccc(CN(C)C(=O)COC(=O)c2ccc(Cl)c(S(C)(=O)=O)c2)cc1. The number of nitrogens with zero attached hydrogens (tertiary/aromatic N) is 1. The van der Waals surface area contributed by atoms with Gasteiger partial charge in [0.25, 0.3) is 5.91 Å². The standard InChI is InChI=1S/C20H22ClNO6S/c1-4-27-16-8-5-14(6-9-16)12-22(2)19(23)13-28-20(24)15-7-10-17(21)18(11-15)29(3,25)26/h5-11H,4,12-13H2,1-3H3. The zero-order valence-electron chi connectivity index (χ0n) is 16.3. The van der Waals surface area contributed by atoms with Gasteiger partial charge in [0.2, 0.25) is 0 Å². The molecule has 0 aliphatic carbocycles. The Morgan fingerprint density at radius 2 is 1.76 bits per heavy atom. The molecule has 0 atom stereocenters. The van der Waals surface area contributed by atoms with E-state index in [1.54, 1.807) is 7.05 Å². The number of ether oxygens (including phenoxy) is 2. The maximum Gasteiger partial charge on any atom is 0.338 e. The second kappa shape index (κ2) is 9.76. The van der Waals surface area contributed by atoms with E-state index in [0.29, 0.717) is 13.2 Å². The summed E-state index contributed by atoms with van der Waals surface area (Å²) in [5.41, 5.74) is 0.892. The van der Waals surface area contributed by atoms with E-state index in [-0.39, 0.29) is 15.5 Å². The molecule has 0 radical (unpaired) electrons. The van der Waals surface area contributed by atoms with Crippen LogP contribution >= 0.6 is 11.6 Å². The molecule has 0 aliphatic heterocycles. The molecule has 2 aromatic rings. The summed E-state index contributed by atoms with van der Waals surface area (Å²) in [6.07, 6.45) is 0.989. The van der Waals surface area contributed by atoms with Crippen LogP contribution in [0.1, 0.15) is 22.8 Å². The summed E-state index contributed by atoms with van der Waals surface area (Å²) in [5.74, 6) is -0.463. The molecule has 7 nitrogen and oxygen atoms in total. The molecular weight excluding hydrogens is 418 g/mol. The maximum atomic E-state index is 12.2. The Bertz CT molecular complexity index is 989. The molecule has 0 N–H and O–H groups in total. The number of amides is 1. The normalized spacial score (nSPS) is 11.0. The van der Waals surface area contributed by atoms with Gasteiger partial charge in [-0.25, -0.2) is 13.2 Å². The number of likely N-dealkylation sites (N-methyl/N-ethyl adjacent to an activating group) is 1. The fourth-order valence-electron chi connectivity index (χ4n) is 2.46. The van der Waals surface area contributed by atoms with Gasteiger partial charge in [-0.05, 0) is 42.8 Å². The number of sulfone groups is 1. The highest BCUT2D eigenvalue weighted by molar-refractivity contribution is 7.90. The van der Waals surface area contributed by atoms with Gasteiger partial charge in [0.05, 0.1) is 22.1 Å². The Morgan fingerprint density at radius 1 is 1.10 bits per heavy atom. The number of rotatable bonds is 8. The van der Waals surface area contributed by atoms with E-state index in [1.165, 1.54) is 17.0 Å². The third kappa shape index (κ3) is 6.47. The van der Waals surface area contributed by atoms with Gasteiger partial charge in [0, 0.05) is 19.8 Å². The minimum absolute atomic E-state index is 0.00297. The second-order valence-electron chi connectivity index (χ2n) is 6.32. The Kier molecular flexibility index (Phi) is 7.64. The molecule has 2 rings (SSSR count).